The third kappa shape index (κ3) is 2.76. The van der Waals surface area contributed by atoms with Crippen LogP contribution < -0.4 is 5.32 Å². The Kier molecular flexibility index (Phi) is 4.23. The minimum absolute atomic E-state index is 0.0239. The molecule has 4 aliphatic rings. The SMILES string of the molecule is O=C(Nc1nc(-c2ccccc2Cl)cs1)C12CC(C(=O)N3CCOCC3)(C1)C2. The number of rotatable bonds is 4. The Hall–Kier alpha value is -1.96. The van der Waals surface area contributed by atoms with Crippen molar-refractivity contribution in [2.45, 2.75) is 19.3 Å². The van der Waals surface area contributed by atoms with Gasteiger partial charge in [-0.2, -0.15) is 0 Å². The summed E-state index contributed by atoms with van der Waals surface area (Å²) in [4.78, 5) is 32.0. The second kappa shape index (κ2) is 6.54. The van der Waals surface area contributed by atoms with Crippen molar-refractivity contribution in [3.8, 4) is 11.3 Å². The molecule has 1 aromatic heterocycles. The Morgan fingerprint density at radius 2 is 1.86 bits per heavy atom. The first kappa shape index (κ1) is 18.1. The largest absolute Gasteiger partial charge is 0.378 e. The van der Waals surface area contributed by atoms with E-state index in [0.29, 0.717) is 55.7 Å². The molecule has 1 N–H and O–H groups in total. The van der Waals surface area contributed by atoms with Gasteiger partial charge in [-0.1, -0.05) is 29.8 Å². The lowest BCUT2D eigenvalue weighted by molar-refractivity contribution is -0.214. The summed E-state index contributed by atoms with van der Waals surface area (Å²) in [5.74, 6) is 0.171. The molecule has 8 heteroatoms. The van der Waals surface area contributed by atoms with Crippen LogP contribution >= 0.6 is 22.9 Å². The highest BCUT2D eigenvalue weighted by Gasteiger charge is 2.75. The number of halogens is 1. The summed E-state index contributed by atoms with van der Waals surface area (Å²) in [5, 5.41) is 6.04. The van der Waals surface area contributed by atoms with Crippen LogP contribution in [0.15, 0.2) is 29.6 Å². The summed E-state index contributed by atoms with van der Waals surface area (Å²) in [6.45, 7) is 2.52. The van der Waals surface area contributed by atoms with Gasteiger partial charge < -0.3 is 15.0 Å². The van der Waals surface area contributed by atoms with Crippen LogP contribution in [0.25, 0.3) is 11.3 Å². The van der Waals surface area contributed by atoms with Crippen LogP contribution in [-0.4, -0.2) is 48.0 Å². The van der Waals surface area contributed by atoms with E-state index in [2.05, 4.69) is 10.3 Å². The molecule has 1 aliphatic heterocycles. The quantitative estimate of drug-likeness (QED) is 0.827. The molecule has 0 radical (unpaired) electrons. The van der Waals surface area contributed by atoms with Gasteiger partial charge in [-0.25, -0.2) is 4.98 Å². The number of carbonyl (C=O) groups is 2. The van der Waals surface area contributed by atoms with Gasteiger partial charge in [-0.05, 0) is 25.3 Å². The van der Waals surface area contributed by atoms with Crippen molar-refractivity contribution >= 4 is 39.9 Å². The molecular formula is C20H20ClN3O3S. The highest BCUT2D eigenvalue weighted by atomic mass is 35.5. The fourth-order valence-corrected chi connectivity index (χ4v) is 5.65. The van der Waals surface area contributed by atoms with Crippen LogP contribution in [0.3, 0.4) is 0 Å². The zero-order chi connectivity index (χ0) is 19.4. The average molecular weight is 418 g/mol. The second-order valence-electron chi connectivity index (χ2n) is 7.97. The van der Waals surface area contributed by atoms with Gasteiger partial charge in [-0.3, -0.25) is 9.59 Å². The maximum atomic E-state index is 12.8. The molecule has 2 heterocycles. The Morgan fingerprint density at radius 1 is 1.14 bits per heavy atom. The van der Waals surface area contributed by atoms with E-state index < -0.39 is 5.41 Å². The lowest BCUT2D eigenvalue weighted by Gasteiger charge is -2.68. The molecule has 6 nitrogen and oxygen atoms in total. The predicted octanol–water partition coefficient (Wildman–Crippen LogP) is 3.43. The number of ether oxygens (including phenoxy) is 1. The molecular weight excluding hydrogens is 398 g/mol. The predicted molar refractivity (Wildman–Crippen MR) is 107 cm³/mol. The van der Waals surface area contributed by atoms with E-state index in [1.54, 1.807) is 0 Å². The number of benzene rings is 1. The van der Waals surface area contributed by atoms with Gasteiger partial charge in [0.1, 0.15) is 0 Å². The molecule has 0 spiro atoms. The molecule has 6 rings (SSSR count). The van der Waals surface area contributed by atoms with Crippen molar-refractivity contribution in [3.05, 3.63) is 34.7 Å². The lowest BCUT2D eigenvalue weighted by Crippen LogP contribution is -2.72. The molecule has 1 aromatic carbocycles. The van der Waals surface area contributed by atoms with E-state index in [1.165, 1.54) is 11.3 Å². The molecule has 2 aromatic rings. The normalized spacial score (nSPS) is 28.2. The minimum Gasteiger partial charge on any atom is -0.378 e. The van der Waals surface area contributed by atoms with Crippen molar-refractivity contribution in [1.82, 2.24) is 9.88 Å². The number of hydrogen-bond acceptors (Lipinski definition) is 5. The smallest absolute Gasteiger partial charge is 0.232 e. The third-order valence-electron chi connectivity index (χ3n) is 6.14. The number of thiazole rings is 1. The molecule has 2 bridgehead atoms. The van der Waals surface area contributed by atoms with E-state index in [9.17, 15) is 9.59 Å². The van der Waals surface area contributed by atoms with Crippen molar-refractivity contribution in [2.75, 3.05) is 31.6 Å². The number of nitrogens with zero attached hydrogens (tertiary/aromatic N) is 2. The summed E-state index contributed by atoms with van der Waals surface area (Å²) in [5.41, 5.74) is 0.877. The molecule has 1 saturated heterocycles. The van der Waals surface area contributed by atoms with Crippen molar-refractivity contribution < 1.29 is 14.3 Å². The van der Waals surface area contributed by atoms with Crippen LogP contribution in [0, 0.1) is 10.8 Å². The van der Waals surface area contributed by atoms with Crippen LogP contribution in [0.2, 0.25) is 5.02 Å². The number of carbonyl (C=O) groups excluding carboxylic acids is 2. The fraction of sp³-hybridized carbons (Fsp3) is 0.450. The number of amides is 2. The standard InChI is InChI=1S/C20H20ClN3O3S/c21-14-4-2-1-3-13(14)15-9-28-18(22-15)23-16(25)19-10-20(11-19,12-19)17(26)24-5-7-27-8-6-24/h1-4,9H,5-8,10-12H2,(H,22,23,25). The topological polar surface area (TPSA) is 71.5 Å². The Morgan fingerprint density at radius 3 is 2.57 bits per heavy atom. The van der Waals surface area contributed by atoms with Crippen molar-refractivity contribution in [1.29, 1.82) is 0 Å². The van der Waals surface area contributed by atoms with E-state index in [1.807, 2.05) is 34.5 Å². The van der Waals surface area contributed by atoms with Gasteiger partial charge in [0.15, 0.2) is 5.13 Å². The average Bonchev–Trinajstić information content (AvgIpc) is 3.08. The molecule has 0 atom stereocenters. The number of aromatic nitrogens is 1. The fourth-order valence-electron chi connectivity index (χ4n) is 4.71. The summed E-state index contributed by atoms with van der Waals surface area (Å²) in [6, 6.07) is 7.51. The first-order valence-electron chi connectivity index (χ1n) is 9.41. The first-order valence-corrected chi connectivity index (χ1v) is 10.7. The van der Waals surface area contributed by atoms with E-state index >= 15 is 0 Å². The zero-order valence-corrected chi connectivity index (χ0v) is 16.8. The van der Waals surface area contributed by atoms with E-state index in [0.717, 1.165) is 11.3 Å². The number of morpholine rings is 1. The Bertz CT molecular complexity index is 934. The van der Waals surface area contributed by atoms with Crippen LogP contribution in [0.5, 0.6) is 0 Å². The maximum Gasteiger partial charge on any atom is 0.232 e. The third-order valence-corrected chi connectivity index (χ3v) is 7.23. The number of hydrogen-bond donors (Lipinski definition) is 1. The van der Waals surface area contributed by atoms with Crippen molar-refractivity contribution in [3.63, 3.8) is 0 Å². The Labute approximate surface area is 171 Å². The molecule has 4 fully saturated rings. The summed E-state index contributed by atoms with van der Waals surface area (Å²) in [7, 11) is 0. The summed E-state index contributed by atoms with van der Waals surface area (Å²) >= 11 is 7.61. The van der Waals surface area contributed by atoms with Crippen LogP contribution in [0.1, 0.15) is 19.3 Å². The summed E-state index contributed by atoms with van der Waals surface area (Å²) in [6.07, 6.45) is 1.93. The molecule has 3 saturated carbocycles. The van der Waals surface area contributed by atoms with Gasteiger partial charge in [0.2, 0.25) is 11.8 Å². The van der Waals surface area contributed by atoms with Gasteiger partial charge in [-0.15, -0.1) is 11.3 Å². The van der Waals surface area contributed by atoms with Gasteiger partial charge in [0.25, 0.3) is 0 Å². The second-order valence-corrected chi connectivity index (χ2v) is 9.23. The lowest BCUT2D eigenvalue weighted by atomic mass is 9.34. The molecule has 28 heavy (non-hydrogen) atoms. The van der Waals surface area contributed by atoms with Crippen molar-refractivity contribution in [2.24, 2.45) is 10.8 Å². The van der Waals surface area contributed by atoms with Crippen LogP contribution in [0.4, 0.5) is 5.13 Å². The maximum absolute atomic E-state index is 12.8. The molecule has 146 valence electrons. The number of nitrogens with one attached hydrogen (secondary N) is 1. The Balaban J connectivity index is 1.22. The van der Waals surface area contributed by atoms with Gasteiger partial charge in [0, 0.05) is 29.1 Å². The van der Waals surface area contributed by atoms with E-state index in [4.69, 9.17) is 16.3 Å². The highest BCUT2D eigenvalue weighted by Crippen LogP contribution is 2.74. The monoisotopic (exact) mass is 417 g/mol. The number of anilines is 1. The first-order chi connectivity index (χ1) is 13.5. The summed E-state index contributed by atoms with van der Waals surface area (Å²) < 4.78 is 5.32. The van der Waals surface area contributed by atoms with Crippen LogP contribution in [-0.2, 0) is 14.3 Å². The molecule has 0 unspecified atom stereocenters. The van der Waals surface area contributed by atoms with Gasteiger partial charge >= 0.3 is 0 Å². The molecule has 3 aliphatic carbocycles. The minimum atomic E-state index is -0.405. The highest BCUT2D eigenvalue weighted by molar-refractivity contribution is 7.14. The van der Waals surface area contributed by atoms with Gasteiger partial charge in [0.05, 0.1) is 29.7 Å². The molecule has 2 amide bonds. The van der Waals surface area contributed by atoms with E-state index in [-0.39, 0.29) is 17.2 Å². The zero-order valence-electron chi connectivity index (χ0n) is 15.2.